The van der Waals surface area contributed by atoms with Gasteiger partial charge in [0, 0.05) is 4.47 Å². The van der Waals surface area contributed by atoms with Crippen molar-refractivity contribution in [1.82, 2.24) is 0 Å². The average Bonchev–Trinajstić information content (AvgIpc) is 2.30. The van der Waals surface area contributed by atoms with Crippen molar-refractivity contribution in [3.05, 3.63) is 34.3 Å². The molecule has 3 nitrogen and oxygen atoms in total. The van der Waals surface area contributed by atoms with Crippen LogP contribution in [0.2, 0.25) is 0 Å². The van der Waals surface area contributed by atoms with E-state index in [2.05, 4.69) is 15.9 Å². The highest BCUT2D eigenvalue weighted by Crippen LogP contribution is 2.21. The minimum absolute atomic E-state index is 0.734. The van der Waals surface area contributed by atoms with E-state index in [-0.39, 0.29) is 0 Å². The molecule has 1 aliphatic rings. The van der Waals surface area contributed by atoms with Crippen molar-refractivity contribution < 1.29 is 14.7 Å². The molecular weight excluding hydrogens is 282 g/mol. The van der Waals surface area contributed by atoms with E-state index in [0.29, 0.717) is 0 Å². The number of aliphatic hydroxyl groups is 1. The van der Waals surface area contributed by atoms with E-state index in [9.17, 15) is 5.11 Å². The number of ether oxygens (including phenoxy) is 1. The van der Waals surface area contributed by atoms with Gasteiger partial charge in [0.2, 0.25) is 0 Å². The van der Waals surface area contributed by atoms with E-state index in [1.54, 1.807) is 0 Å². The minimum atomic E-state index is -0.770. The summed E-state index contributed by atoms with van der Waals surface area (Å²) in [5.41, 5.74) is 0.201. The first kappa shape index (κ1) is 13.0. The van der Waals surface area contributed by atoms with Crippen LogP contribution in [0.3, 0.4) is 0 Å². The molecule has 0 radical (unpaired) electrons. The predicted molar refractivity (Wildman–Crippen MR) is 70.1 cm³/mol. The van der Waals surface area contributed by atoms with Gasteiger partial charge in [-0.05, 0) is 24.6 Å². The molecule has 0 aromatic heterocycles. The van der Waals surface area contributed by atoms with E-state index in [0.717, 1.165) is 42.9 Å². The molecule has 0 amide bonds. The van der Waals surface area contributed by atoms with Crippen LogP contribution in [0.1, 0.15) is 12.5 Å². The normalized spacial score (nSPS) is 21.1. The van der Waals surface area contributed by atoms with Crippen LogP contribution in [0.15, 0.2) is 28.7 Å². The molecule has 1 aromatic carbocycles. The third-order valence-electron chi connectivity index (χ3n) is 3.26. The number of halogens is 1. The number of hydrogen-bond donors (Lipinski definition) is 2. The Morgan fingerprint density at radius 2 is 1.88 bits per heavy atom. The van der Waals surface area contributed by atoms with Gasteiger partial charge in [0.25, 0.3) is 0 Å². The zero-order valence-electron chi connectivity index (χ0n) is 10.1. The minimum Gasteiger partial charge on any atom is -0.380 e. The second-order valence-electron chi connectivity index (χ2n) is 4.82. The average molecular weight is 301 g/mol. The molecule has 0 bridgehead atoms. The van der Waals surface area contributed by atoms with E-state index in [1.165, 1.54) is 4.90 Å². The largest absolute Gasteiger partial charge is 0.380 e. The molecule has 94 valence electrons. The SMILES string of the molecule is CC(O)(C[NH+]1CCOCC1)c1ccc(Br)cc1. The van der Waals surface area contributed by atoms with E-state index in [4.69, 9.17) is 4.74 Å². The van der Waals surface area contributed by atoms with Gasteiger partial charge in [0.05, 0.1) is 13.2 Å². The van der Waals surface area contributed by atoms with Crippen LogP contribution in [-0.2, 0) is 10.3 Å². The van der Waals surface area contributed by atoms with Crippen molar-refractivity contribution in [2.45, 2.75) is 12.5 Å². The summed E-state index contributed by atoms with van der Waals surface area (Å²) in [4.78, 5) is 1.41. The molecule has 1 aliphatic heterocycles. The van der Waals surface area contributed by atoms with Crippen LogP contribution in [0.25, 0.3) is 0 Å². The zero-order chi connectivity index (χ0) is 12.3. The zero-order valence-corrected chi connectivity index (χ0v) is 11.7. The van der Waals surface area contributed by atoms with Gasteiger partial charge in [-0.15, -0.1) is 0 Å². The predicted octanol–water partition coefficient (Wildman–Crippen LogP) is 0.572. The molecule has 1 fully saturated rings. The summed E-state index contributed by atoms with van der Waals surface area (Å²) >= 11 is 3.41. The molecule has 4 heteroatoms. The molecule has 0 spiro atoms. The Labute approximate surface area is 111 Å². The Morgan fingerprint density at radius 3 is 2.47 bits per heavy atom. The topological polar surface area (TPSA) is 33.9 Å². The van der Waals surface area contributed by atoms with Crippen LogP contribution < -0.4 is 4.90 Å². The standard InChI is InChI=1S/C13H18BrNO2/c1-13(16,10-15-6-8-17-9-7-15)11-2-4-12(14)5-3-11/h2-5,16H,6-10H2,1H3/p+1. The second-order valence-corrected chi connectivity index (χ2v) is 5.74. The van der Waals surface area contributed by atoms with E-state index >= 15 is 0 Å². The lowest BCUT2D eigenvalue weighted by molar-refractivity contribution is -0.915. The first-order valence-corrected chi connectivity index (χ1v) is 6.77. The molecular formula is C13H19BrNO2+. The van der Waals surface area contributed by atoms with Gasteiger partial charge in [-0.1, -0.05) is 28.1 Å². The number of nitrogens with one attached hydrogen (secondary N) is 1. The molecule has 17 heavy (non-hydrogen) atoms. The number of rotatable bonds is 3. The summed E-state index contributed by atoms with van der Waals surface area (Å²) in [7, 11) is 0. The lowest BCUT2D eigenvalue weighted by Crippen LogP contribution is -3.15. The second kappa shape index (κ2) is 5.48. The fraction of sp³-hybridized carbons (Fsp3) is 0.538. The molecule has 0 saturated carbocycles. The summed E-state index contributed by atoms with van der Waals surface area (Å²) in [5, 5.41) is 10.6. The van der Waals surface area contributed by atoms with Gasteiger partial charge < -0.3 is 14.7 Å². The number of hydrogen-bond acceptors (Lipinski definition) is 2. The third-order valence-corrected chi connectivity index (χ3v) is 3.79. The smallest absolute Gasteiger partial charge is 0.135 e. The first-order chi connectivity index (χ1) is 8.08. The molecule has 2 rings (SSSR count). The maximum Gasteiger partial charge on any atom is 0.135 e. The van der Waals surface area contributed by atoms with Gasteiger partial charge in [-0.25, -0.2) is 0 Å². The summed E-state index contributed by atoms with van der Waals surface area (Å²) in [6.45, 7) is 6.17. The Hall–Kier alpha value is -0.420. The Morgan fingerprint density at radius 1 is 1.29 bits per heavy atom. The van der Waals surface area contributed by atoms with Crippen LogP contribution >= 0.6 is 15.9 Å². The van der Waals surface area contributed by atoms with Crippen molar-refractivity contribution >= 4 is 15.9 Å². The highest BCUT2D eigenvalue weighted by molar-refractivity contribution is 9.10. The number of quaternary nitrogens is 1. The Balaban J connectivity index is 2.04. The molecule has 1 atom stereocenters. The monoisotopic (exact) mass is 300 g/mol. The summed E-state index contributed by atoms with van der Waals surface area (Å²) < 4.78 is 6.36. The molecule has 1 aromatic rings. The van der Waals surface area contributed by atoms with Gasteiger partial charge in [0.15, 0.2) is 0 Å². The fourth-order valence-corrected chi connectivity index (χ4v) is 2.50. The van der Waals surface area contributed by atoms with Crippen molar-refractivity contribution in [3.63, 3.8) is 0 Å². The Kier molecular flexibility index (Phi) is 4.20. The quantitative estimate of drug-likeness (QED) is 0.856. The van der Waals surface area contributed by atoms with Crippen molar-refractivity contribution in [2.24, 2.45) is 0 Å². The lowest BCUT2D eigenvalue weighted by Gasteiger charge is -2.31. The van der Waals surface area contributed by atoms with Crippen LogP contribution in [-0.4, -0.2) is 38.0 Å². The molecule has 1 unspecified atom stereocenters. The van der Waals surface area contributed by atoms with Gasteiger partial charge in [0.1, 0.15) is 25.2 Å². The maximum atomic E-state index is 10.6. The van der Waals surface area contributed by atoms with Crippen molar-refractivity contribution in [2.75, 3.05) is 32.8 Å². The van der Waals surface area contributed by atoms with Crippen molar-refractivity contribution in [1.29, 1.82) is 0 Å². The number of morpholine rings is 1. The van der Waals surface area contributed by atoms with E-state index in [1.807, 2.05) is 31.2 Å². The van der Waals surface area contributed by atoms with E-state index < -0.39 is 5.60 Å². The van der Waals surface area contributed by atoms with Crippen LogP contribution in [0, 0.1) is 0 Å². The lowest BCUT2D eigenvalue weighted by atomic mass is 9.95. The summed E-state index contributed by atoms with van der Waals surface area (Å²) in [5.74, 6) is 0. The third kappa shape index (κ3) is 3.52. The van der Waals surface area contributed by atoms with Crippen LogP contribution in [0.5, 0.6) is 0 Å². The molecule has 1 heterocycles. The number of benzene rings is 1. The first-order valence-electron chi connectivity index (χ1n) is 5.98. The summed E-state index contributed by atoms with van der Waals surface area (Å²) in [6, 6.07) is 7.89. The van der Waals surface area contributed by atoms with Crippen molar-refractivity contribution in [3.8, 4) is 0 Å². The Bertz CT molecular complexity index is 358. The molecule has 2 N–H and O–H groups in total. The van der Waals surface area contributed by atoms with Crippen LogP contribution in [0.4, 0.5) is 0 Å². The summed E-state index contributed by atoms with van der Waals surface area (Å²) in [6.07, 6.45) is 0. The highest BCUT2D eigenvalue weighted by Gasteiger charge is 2.29. The van der Waals surface area contributed by atoms with Gasteiger partial charge >= 0.3 is 0 Å². The van der Waals surface area contributed by atoms with Gasteiger partial charge in [-0.3, -0.25) is 0 Å². The fourth-order valence-electron chi connectivity index (χ4n) is 2.23. The molecule has 0 aliphatic carbocycles. The van der Waals surface area contributed by atoms with Gasteiger partial charge in [-0.2, -0.15) is 0 Å². The maximum absolute atomic E-state index is 10.6. The highest BCUT2D eigenvalue weighted by atomic mass is 79.9. The molecule has 1 saturated heterocycles.